The minimum absolute atomic E-state index is 0.109. The third-order valence-electron chi connectivity index (χ3n) is 2.98. The Bertz CT molecular complexity index is 795. The van der Waals surface area contributed by atoms with Crippen LogP contribution in [0.1, 0.15) is 10.4 Å². The van der Waals surface area contributed by atoms with E-state index >= 15 is 0 Å². The number of carboxylic acid groups (broad SMARTS) is 1. The van der Waals surface area contributed by atoms with Crippen molar-refractivity contribution in [3.63, 3.8) is 0 Å². The SMILES string of the molecule is COc1cccc(-c2cnc3[nH]cc(C(=O)O)c3n2)c1. The number of nitrogens with one attached hydrogen (secondary N) is 1. The first kappa shape index (κ1) is 12.2. The molecule has 0 fully saturated rings. The average molecular weight is 269 g/mol. The van der Waals surface area contributed by atoms with E-state index in [9.17, 15) is 4.79 Å². The fourth-order valence-electron chi connectivity index (χ4n) is 1.98. The number of hydrogen-bond donors (Lipinski definition) is 2. The highest BCUT2D eigenvalue weighted by Gasteiger charge is 2.14. The molecular formula is C14H11N3O3. The van der Waals surface area contributed by atoms with Crippen LogP contribution in [0.3, 0.4) is 0 Å². The van der Waals surface area contributed by atoms with Gasteiger partial charge in [-0.25, -0.2) is 14.8 Å². The van der Waals surface area contributed by atoms with Gasteiger partial charge in [0, 0.05) is 11.8 Å². The Balaban J connectivity index is 2.16. The van der Waals surface area contributed by atoms with E-state index in [0.717, 1.165) is 5.56 Å². The Morgan fingerprint density at radius 3 is 3.00 bits per heavy atom. The van der Waals surface area contributed by atoms with Gasteiger partial charge in [0.15, 0.2) is 5.65 Å². The highest BCUT2D eigenvalue weighted by Crippen LogP contribution is 2.24. The standard InChI is InChI=1S/C14H11N3O3/c1-20-9-4-2-3-8(5-9)11-7-16-13-12(17-11)10(6-15-13)14(18)19/h2-7H,1H3,(H,15,16)(H,18,19). The van der Waals surface area contributed by atoms with E-state index in [0.29, 0.717) is 22.6 Å². The zero-order chi connectivity index (χ0) is 14.1. The molecule has 0 saturated carbocycles. The van der Waals surface area contributed by atoms with Crippen LogP contribution >= 0.6 is 0 Å². The highest BCUT2D eigenvalue weighted by atomic mass is 16.5. The van der Waals surface area contributed by atoms with Crippen LogP contribution in [0.25, 0.3) is 22.4 Å². The lowest BCUT2D eigenvalue weighted by molar-refractivity contribution is 0.0699. The largest absolute Gasteiger partial charge is 0.497 e. The van der Waals surface area contributed by atoms with Crippen molar-refractivity contribution in [2.24, 2.45) is 0 Å². The van der Waals surface area contributed by atoms with Crippen molar-refractivity contribution in [3.05, 3.63) is 42.2 Å². The maximum absolute atomic E-state index is 11.1. The van der Waals surface area contributed by atoms with Crippen LogP contribution < -0.4 is 4.74 Å². The quantitative estimate of drug-likeness (QED) is 0.761. The molecule has 2 heterocycles. The number of H-pyrrole nitrogens is 1. The van der Waals surface area contributed by atoms with Crippen LogP contribution in [0.2, 0.25) is 0 Å². The fraction of sp³-hybridized carbons (Fsp3) is 0.0714. The number of nitrogens with zero attached hydrogens (tertiary/aromatic N) is 2. The molecule has 0 spiro atoms. The average Bonchev–Trinajstić information content (AvgIpc) is 2.90. The Kier molecular flexibility index (Phi) is 2.83. The second kappa shape index (κ2) is 4.65. The van der Waals surface area contributed by atoms with Crippen molar-refractivity contribution in [1.82, 2.24) is 15.0 Å². The maximum Gasteiger partial charge on any atom is 0.339 e. The van der Waals surface area contributed by atoms with Gasteiger partial charge in [-0.05, 0) is 12.1 Å². The number of aromatic nitrogens is 3. The Labute approximate surface area is 114 Å². The summed E-state index contributed by atoms with van der Waals surface area (Å²) in [6, 6.07) is 7.36. The third-order valence-corrected chi connectivity index (χ3v) is 2.98. The lowest BCUT2D eigenvalue weighted by atomic mass is 10.1. The second-order valence-electron chi connectivity index (χ2n) is 4.19. The number of ether oxygens (including phenoxy) is 1. The molecular weight excluding hydrogens is 258 g/mol. The molecule has 0 bridgehead atoms. The first-order valence-electron chi connectivity index (χ1n) is 5.91. The summed E-state index contributed by atoms with van der Waals surface area (Å²) in [5.41, 5.74) is 2.32. The fourth-order valence-corrected chi connectivity index (χ4v) is 1.98. The number of carbonyl (C=O) groups is 1. The molecule has 3 rings (SSSR count). The number of hydrogen-bond acceptors (Lipinski definition) is 4. The topological polar surface area (TPSA) is 88.1 Å². The maximum atomic E-state index is 11.1. The Hall–Kier alpha value is -2.89. The number of methoxy groups -OCH3 is 1. The molecule has 2 aromatic heterocycles. The van der Waals surface area contributed by atoms with E-state index in [4.69, 9.17) is 9.84 Å². The molecule has 0 unspecified atom stereocenters. The summed E-state index contributed by atoms with van der Waals surface area (Å²) in [5, 5.41) is 9.11. The molecule has 100 valence electrons. The van der Waals surface area contributed by atoms with E-state index < -0.39 is 5.97 Å². The molecule has 2 N–H and O–H groups in total. The monoisotopic (exact) mass is 269 g/mol. The lowest BCUT2D eigenvalue weighted by Crippen LogP contribution is -1.96. The summed E-state index contributed by atoms with van der Waals surface area (Å²) in [6.45, 7) is 0. The van der Waals surface area contributed by atoms with Crippen LogP contribution in [0.15, 0.2) is 36.7 Å². The molecule has 0 amide bonds. The zero-order valence-electron chi connectivity index (χ0n) is 10.6. The molecule has 6 nitrogen and oxygen atoms in total. The Morgan fingerprint density at radius 1 is 1.40 bits per heavy atom. The number of fused-ring (bicyclic) bond motifs is 1. The van der Waals surface area contributed by atoms with Crippen molar-refractivity contribution in [2.45, 2.75) is 0 Å². The highest BCUT2D eigenvalue weighted by molar-refractivity contribution is 6.00. The second-order valence-corrected chi connectivity index (χ2v) is 4.19. The van der Waals surface area contributed by atoms with Crippen molar-refractivity contribution in [1.29, 1.82) is 0 Å². The van der Waals surface area contributed by atoms with E-state index in [1.54, 1.807) is 13.3 Å². The molecule has 0 radical (unpaired) electrons. The van der Waals surface area contributed by atoms with Gasteiger partial charge >= 0.3 is 5.97 Å². The molecule has 1 aromatic carbocycles. The molecule has 6 heteroatoms. The smallest absolute Gasteiger partial charge is 0.339 e. The van der Waals surface area contributed by atoms with E-state index in [1.165, 1.54) is 6.20 Å². The first-order valence-corrected chi connectivity index (χ1v) is 5.91. The molecule has 0 aliphatic rings. The van der Waals surface area contributed by atoms with Crippen LogP contribution in [0.5, 0.6) is 5.75 Å². The van der Waals surface area contributed by atoms with Crippen molar-refractivity contribution < 1.29 is 14.6 Å². The van der Waals surface area contributed by atoms with Crippen LogP contribution in [0.4, 0.5) is 0 Å². The van der Waals surface area contributed by atoms with Gasteiger partial charge in [-0.15, -0.1) is 0 Å². The van der Waals surface area contributed by atoms with Gasteiger partial charge in [-0.2, -0.15) is 0 Å². The van der Waals surface area contributed by atoms with Crippen molar-refractivity contribution >= 4 is 17.1 Å². The molecule has 3 aromatic rings. The number of rotatable bonds is 3. The number of benzene rings is 1. The number of carboxylic acids is 1. The van der Waals surface area contributed by atoms with Crippen molar-refractivity contribution in [2.75, 3.05) is 7.11 Å². The molecule has 0 saturated heterocycles. The third kappa shape index (κ3) is 1.97. The van der Waals surface area contributed by atoms with Gasteiger partial charge in [-0.3, -0.25) is 0 Å². The van der Waals surface area contributed by atoms with Gasteiger partial charge in [0.25, 0.3) is 0 Å². The summed E-state index contributed by atoms with van der Waals surface area (Å²) in [6.07, 6.45) is 2.99. The van der Waals surface area contributed by atoms with Gasteiger partial charge in [0.2, 0.25) is 0 Å². The summed E-state index contributed by atoms with van der Waals surface area (Å²) in [4.78, 5) is 22.5. The van der Waals surface area contributed by atoms with E-state index in [-0.39, 0.29) is 5.56 Å². The van der Waals surface area contributed by atoms with Gasteiger partial charge in [0.05, 0.1) is 19.0 Å². The molecule has 0 atom stereocenters. The van der Waals surface area contributed by atoms with Crippen LogP contribution in [-0.4, -0.2) is 33.1 Å². The predicted molar refractivity (Wildman–Crippen MR) is 72.8 cm³/mol. The minimum atomic E-state index is -1.03. The van der Waals surface area contributed by atoms with E-state index in [1.807, 2.05) is 24.3 Å². The molecule has 0 aliphatic heterocycles. The van der Waals surface area contributed by atoms with Gasteiger partial charge < -0.3 is 14.8 Å². The minimum Gasteiger partial charge on any atom is -0.497 e. The van der Waals surface area contributed by atoms with Crippen LogP contribution in [0, 0.1) is 0 Å². The lowest BCUT2D eigenvalue weighted by Gasteiger charge is -2.04. The summed E-state index contributed by atoms with van der Waals surface area (Å²) < 4.78 is 5.16. The van der Waals surface area contributed by atoms with E-state index in [2.05, 4.69) is 15.0 Å². The molecule has 20 heavy (non-hydrogen) atoms. The van der Waals surface area contributed by atoms with Gasteiger partial charge in [-0.1, -0.05) is 12.1 Å². The summed E-state index contributed by atoms with van der Waals surface area (Å²) in [5.74, 6) is -0.328. The summed E-state index contributed by atoms with van der Waals surface area (Å²) >= 11 is 0. The summed E-state index contributed by atoms with van der Waals surface area (Å²) in [7, 11) is 1.59. The van der Waals surface area contributed by atoms with Crippen molar-refractivity contribution in [3.8, 4) is 17.0 Å². The number of aromatic amines is 1. The predicted octanol–water partition coefficient (Wildman–Crippen LogP) is 2.33. The van der Waals surface area contributed by atoms with Crippen LogP contribution in [-0.2, 0) is 0 Å². The molecule has 0 aliphatic carbocycles. The zero-order valence-corrected chi connectivity index (χ0v) is 10.6. The number of aromatic carboxylic acids is 1. The normalized spacial score (nSPS) is 10.7. The van der Waals surface area contributed by atoms with Gasteiger partial charge in [0.1, 0.15) is 16.8 Å². The Morgan fingerprint density at radius 2 is 2.25 bits per heavy atom. The first-order chi connectivity index (χ1) is 9.69.